The summed E-state index contributed by atoms with van der Waals surface area (Å²) in [6.45, 7) is 3.82. The van der Waals surface area contributed by atoms with Crippen LogP contribution in [0.2, 0.25) is 0 Å². The minimum absolute atomic E-state index is 0.0266. The third-order valence-corrected chi connectivity index (χ3v) is 3.77. The van der Waals surface area contributed by atoms with E-state index in [0.29, 0.717) is 18.1 Å². The van der Waals surface area contributed by atoms with Crippen molar-refractivity contribution >= 4 is 11.8 Å². The molecule has 3 rings (SSSR count). The summed E-state index contributed by atoms with van der Waals surface area (Å²) < 4.78 is 7.21. The molecule has 9 heteroatoms. The summed E-state index contributed by atoms with van der Waals surface area (Å²) in [5, 5.41) is 21.6. The maximum absolute atomic E-state index is 12.1. The van der Waals surface area contributed by atoms with Crippen molar-refractivity contribution in [2.75, 3.05) is 5.32 Å². The summed E-state index contributed by atoms with van der Waals surface area (Å²) in [5.41, 5.74) is 2.09. The Morgan fingerprint density at radius 3 is 2.88 bits per heavy atom. The molecule has 0 saturated heterocycles. The van der Waals surface area contributed by atoms with Gasteiger partial charge in [-0.3, -0.25) is 10.00 Å². The lowest BCUT2D eigenvalue weighted by Crippen LogP contribution is -2.41. The van der Waals surface area contributed by atoms with Crippen molar-refractivity contribution in [3.8, 4) is 5.88 Å². The SMILES string of the molecule is CC(C)Oc1ccc(NC(=O)NC2CCc3c(nnn3C)C2)nn1. The van der Waals surface area contributed by atoms with Gasteiger partial charge in [0.25, 0.3) is 0 Å². The molecule has 2 aromatic heterocycles. The molecule has 9 nitrogen and oxygen atoms in total. The number of aromatic nitrogens is 5. The zero-order valence-corrected chi connectivity index (χ0v) is 14.0. The van der Waals surface area contributed by atoms with Crippen LogP contribution in [0.15, 0.2) is 12.1 Å². The van der Waals surface area contributed by atoms with E-state index >= 15 is 0 Å². The van der Waals surface area contributed by atoms with Crippen LogP contribution >= 0.6 is 0 Å². The Labute approximate surface area is 139 Å². The highest BCUT2D eigenvalue weighted by Crippen LogP contribution is 2.18. The Bertz CT molecular complexity index is 711. The second kappa shape index (κ2) is 6.81. The number of urea groups is 1. The zero-order chi connectivity index (χ0) is 17.1. The number of ether oxygens (including phenoxy) is 1. The van der Waals surface area contributed by atoms with E-state index in [1.807, 2.05) is 20.9 Å². The summed E-state index contributed by atoms with van der Waals surface area (Å²) in [6, 6.07) is 3.06. The minimum atomic E-state index is -0.306. The van der Waals surface area contributed by atoms with Crippen LogP contribution in [0, 0.1) is 0 Å². The van der Waals surface area contributed by atoms with Crippen molar-refractivity contribution < 1.29 is 9.53 Å². The summed E-state index contributed by atoms with van der Waals surface area (Å²) in [4.78, 5) is 12.1. The van der Waals surface area contributed by atoms with Gasteiger partial charge in [0.1, 0.15) is 0 Å². The van der Waals surface area contributed by atoms with Gasteiger partial charge in [-0.2, -0.15) is 0 Å². The number of fused-ring (bicyclic) bond motifs is 1. The Balaban J connectivity index is 1.53. The monoisotopic (exact) mass is 331 g/mol. The molecular weight excluding hydrogens is 310 g/mol. The molecule has 128 valence electrons. The summed E-state index contributed by atoms with van der Waals surface area (Å²) >= 11 is 0. The van der Waals surface area contributed by atoms with E-state index in [1.165, 1.54) is 0 Å². The molecule has 0 saturated carbocycles. The van der Waals surface area contributed by atoms with Gasteiger partial charge in [0.15, 0.2) is 5.82 Å². The number of aryl methyl sites for hydroxylation is 1. The van der Waals surface area contributed by atoms with Gasteiger partial charge in [0.05, 0.1) is 17.5 Å². The lowest BCUT2D eigenvalue weighted by molar-refractivity contribution is 0.230. The summed E-state index contributed by atoms with van der Waals surface area (Å²) in [5.74, 6) is 0.804. The number of hydrogen-bond acceptors (Lipinski definition) is 6. The van der Waals surface area contributed by atoms with Crippen LogP contribution in [0.3, 0.4) is 0 Å². The Kier molecular flexibility index (Phi) is 4.59. The molecule has 24 heavy (non-hydrogen) atoms. The van der Waals surface area contributed by atoms with Crippen LogP contribution in [0.5, 0.6) is 5.88 Å². The predicted molar refractivity (Wildman–Crippen MR) is 86.8 cm³/mol. The third-order valence-electron chi connectivity index (χ3n) is 3.77. The van der Waals surface area contributed by atoms with E-state index in [-0.39, 0.29) is 18.2 Å². The van der Waals surface area contributed by atoms with E-state index in [9.17, 15) is 4.79 Å². The molecule has 0 bridgehead atoms. The highest BCUT2D eigenvalue weighted by Gasteiger charge is 2.24. The smallest absolute Gasteiger partial charge is 0.320 e. The topological polar surface area (TPSA) is 107 Å². The van der Waals surface area contributed by atoms with Crippen molar-refractivity contribution in [2.45, 2.75) is 45.3 Å². The summed E-state index contributed by atoms with van der Waals surface area (Å²) in [6.07, 6.45) is 2.42. The van der Waals surface area contributed by atoms with Crippen LogP contribution in [-0.4, -0.2) is 43.4 Å². The number of rotatable bonds is 4. The van der Waals surface area contributed by atoms with Crippen molar-refractivity contribution in [1.29, 1.82) is 0 Å². The molecule has 0 fully saturated rings. The molecule has 0 spiro atoms. The molecule has 2 heterocycles. The van der Waals surface area contributed by atoms with Gasteiger partial charge in [-0.1, -0.05) is 5.21 Å². The average Bonchev–Trinajstić information content (AvgIpc) is 2.89. The number of anilines is 1. The van der Waals surface area contributed by atoms with Crippen LogP contribution in [-0.2, 0) is 19.9 Å². The third kappa shape index (κ3) is 3.79. The first-order valence-corrected chi connectivity index (χ1v) is 7.96. The molecule has 1 unspecified atom stereocenters. The normalized spacial score (nSPS) is 16.6. The fourth-order valence-corrected chi connectivity index (χ4v) is 2.68. The van der Waals surface area contributed by atoms with Crippen LogP contribution < -0.4 is 15.4 Å². The van der Waals surface area contributed by atoms with Crippen molar-refractivity contribution in [3.05, 3.63) is 23.5 Å². The minimum Gasteiger partial charge on any atom is -0.474 e. The fraction of sp³-hybridized carbons (Fsp3) is 0.533. The second-order valence-corrected chi connectivity index (χ2v) is 6.07. The highest BCUT2D eigenvalue weighted by atomic mass is 16.5. The first kappa shape index (κ1) is 16.2. The molecule has 0 aromatic carbocycles. The van der Waals surface area contributed by atoms with Crippen LogP contribution in [0.25, 0.3) is 0 Å². The van der Waals surface area contributed by atoms with Crippen molar-refractivity contribution in [1.82, 2.24) is 30.5 Å². The lowest BCUT2D eigenvalue weighted by atomic mass is 9.96. The maximum atomic E-state index is 12.1. The highest BCUT2D eigenvalue weighted by molar-refractivity contribution is 5.88. The number of nitrogens with zero attached hydrogens (tertiary/aromatic N) is 5. The van der Waals surface area contributed by atoms with E-state index in [0.717, 1.165) is 24.2 Å². The van der Waals surface area contributed by atoms with Gasteiger partial charge < -0.3 is 10.1 Å². The van der Waals surface area contributed by atoms with E-state index < -0.39 is 0 Å². The number of carbonyl (C=O) groups excluding carboxylic acids is 1. The number of hydrogen-bond donors (Lipinski definition) is 2. The number of nitrogens with one attached hydrogen (secondary N) is 2. The molecule has 1 aliphatic rings. The van der Waals surface area contributed by atoms with Gasteiger partial charge in [-0.05, 0) is 32.8 Å². The van der Waals surface area contributed by atoms with Gasteiger partial charge >= 0.3 is 6.03 Å². The second-order valence-electron chi connectivity index (χ2n) is 6.07. The largest absolute Gasteiger partial charge is 0.474 e. The average molecular weight is 331 g/mol. The first-order chi connectivity index (χ1) is 11.5. The van der Waals surface area contributed by atoms with Gasteiger partial charge in [0.2, 0.25) is 5.88 Å². The van der Waals surface area contributed by atoms with Crippen LogP contribution in [0.4, 0.5) is 10.6 Å². The maximum Gasteiger partial charge on any atom is 0.320 e. The molecule has 2 aromatic rings. The quantitative estimate of drug-likeness (QED) is 0.868. The van der Waals surface area contributed by atoms with Crippen LogP contribution in [0.1, 0.15) is 31.7 Å². The van der Waals surface area contributed by atoms with Crippen molar-refractivity contribution in [3.63, 3.8) is 0 Å². The molecule has 0 radical (unpaired) electrons. The lowest BCUT2D eigenvalue weighted by Gasteiger charge is -2.22. The molecule has 2 N–H and O–H groups in total. The first-order valence-electron chi connectivity index (χ1n) is 7.96. The molecule has 1 aliphatic carbocycles. The van der Waals surface area contributed by atoms with Gasteiger partial charge in [-0.25, -0.2) is 4.79 Å². The van der Waals surface area contributed by atoms with Gasteiger partial charge in [0, 0.05) is 25.6 Å². The number of amides is 2. The zero-order valence-electron chi connectivity index (χ0n) is 14.0. The van der Waals surface area contributed by atoms with Crippen molar-refractivity contribution in [2.24, 2.45) is 7.05 Å². The molecule has 2 amide bonds. The molecule has 1 atom stereocenters. The Morgan fingerprint density at radius 1 is 1.33 bits per heavy atom. The van der Waals surface area contributed by atoms with E-state index in [2.05, 4.69) is 31.1 Å². The standard InChI is InChI=1S/C15H21N7O2/c1-9(2)24-14-7-6-13(19-20-14)17-15(23)16-10-4-5-12-11(8-10)18-21-22(12)3/h6-7,9-10H,4-5,8H2,1-3H3,(H2,16,17,19,23). The molecular formula is C15H21N7O2. The van der Waals surface area contributed by atoms with E-state index in [4.69, 9.17) is 4.74 Å². The Hall–Kier alpha value is -2.71. The fourth-order valence-electron chi connectivity index (χ4n) is 2.68. The number of carbonyl (C=O) groups is 1. The molecule has 0 aliphatic heterocycles. The predicted octanol–water partition coefficient (Wildman–Crippen LogP) is 1.07. The van der Waals surface area contributed by atoms with E-state index in [1.54, 1.807) is 16.8 Å². The Morgan fingerprint density at radius 2 is 2.17 bits per heavy atom. The van der Waals surface area contributed by atoms with Gasteiger partial charge in [-0.15, -0.1) is 15.3 Å². The summed E-state index contributed by atoms with van der Waals surface area (Å²) in [7, 11) is 1.89.